The molecule has 1 aliphatic rings. The highest BCUT2D eigenvalue weighted by molar-refractivity contribution is 8.18. The van der Waals surface area contributed by atoms with Gasteiger partial charge in [0.25, 0.3) is 11.1 Å². The first-order valence-corrected chi connectivity index (χ1v) is 6.86. The van der Waals surface area contributed by atoms with E-state index >= 15 is 0 Å². The third-order valence-electron chi connectivity index (χ3n) is 2.90. The van der Waals surface area contributed by atoms with Gasteiger partial charge in [-0.2, -0.15) is 0 Å². The number of methoxy groups -OCH3 is 1. The van der Waals surface area contributed by atoms with E-state index < -0.39 is 29.0 Å². The molecule has 110 valence electrons. The van der Waals surface area contributed by atoms with E-state index in [0.29, 0.717) is 17.3 Å². The molecule has 1 aromatic carbocycles. The van der Waals surface area contributed by atoms with Gasteiger partial charge in [-0.05, 0) is 42.5 Å². The van der Waals surface area contributed by atoms with Crippen molar-refractivity contribution in [3.63, 3.8) is 0 Å². The summed E-state index contributed by atoms with van der Waals surface area (Å²) in [4.78, 5) is 36.5. The van der Waals surface area contributed by atoms with E-state index in [0.717, 1.165) is 4.90 Å². The van der Waals surface area contributed by atoms with Crippen LogP contribution < -0.4 is 0 Å². The van der Waals surface area contributed by atoms with Crippen molar-refractivity contribution >= 4 is 35.0 Å². The van der Waals surface area contributed by atoms with Gasteiger partial charge in [0, 0.05) is 0 Å². The molecule has 7 heteroatoms. The number of rotatable bonds is 3. The SMILES string of the molecule is COC(=O)[C@@H](C)N1C(=O)S/C(=C/c2cccc(F)c2)C1=O. The quantitative estimate of drug-likeness (QED) is 0.634. The minimum atomic E-state index is -0.999. The molecular weight excluding hydrogens is 297 g/mol. The average molecular weight is 309 g/mol. The van der Waals surface area contributed by atoms with Crippen LogP contribution in [0.4, 0.5) is 9.18 Å². The van der Waals surface area contributed by atoms with E-state index in [1.807, 2.05) is 0 Å². The van der Waals surface area contributed by atoms with Gasteiger partial charge < -0.3 is 4.74 Å². The average Bonchev–Trinajstić information content (AvgIpc) is 2.72. The molecule has 0 N–H and O–H groups in total. The van der Waals surface area contributed by atoms with Crippen molar-refractivity contribution in [2.75, 3.05) is 7.11 Å². The Balaban J connectivity index is 2.28. The van der Waals surface area contributed by atoms with Gasteiger partial charge in [-0.1, -0.05) is 12.1 Å². The second-order valence-electron chi connectivity index (χ2n) is 4.31. The van der Waals surface area contributed by atoms with Crippen LogP contribution in [-0.2, 0) is 14.3 Å². The van der Waals surface area contributed by atoms with Gasteiger partial charge >= 0.3 is 5.97 Å². The molecule has 21 heavy (non-hydrogen) atoms. The van der Waals surface area contributed by atoms with Crippen LogP contribution in [0.2, 0.25) is 0 Å². The standard InChI is InChI=1S/C14H12FNO4S/c1-8(13(18)20-2)16-12(17)11(21-14(16)19)7-9-4-3-5-10(15)6-9/h3-8H,1-2H3/b11-7+/t8-/m1/s1. The predicted molar refractivity (Wildman–Crippen MR) is 75.7 cm³/mol. The van der Waals surface area contributed by atoms with E-state index in [1.54, 1.807) is 6.07 Å². The normalized spacial score (nSPS) is 18.2. The second kappa shape index (κ2) is 6.09. The fourth-order valence-corrected chi connectivity index (χ4v) is 2.75. The molecule has 0 unspecified atom stereocenters. The molecule has 1 fully saturated rings. The summed E-state index contributed by atoms with van der Waals surface area (Å²) in [6.07, 6.45) is 1.41. The second-order valence-corrected chi connectivity index (χ2v) is 5.30. The minimum Gasteiger partial charge on any atom is -0.467 e. The van der Waals surface area contributed by atoms with E-state index in [4.69, 9.17) is 0 Å². The van der Waals surface area contributed by atoms with Crippen LogP contribution in [0.25, 0.3) is 6.08 Å². The van der Waals surface area contributed by atoms with Crippen molar-refractivity contribution in [1.29, 1.82) is 0 Å². The topological polar surface area (TPSA) is 63.7 Å². The Bertz CT molecular complexity index is 644. The van der Waals surface area contributed by atoms with Crippen molar-refractivity contribution in [1.82, 2.24) is 4.90 Å². The summed E-state index contributed by atoms with van der Waals surface area (Å²) in [7, 11) is 1.18. The number of halogens is 1. The Labute approximate surface area is 124 Å². The van der Waals surface area contributed by atoms with Crippen molar-refractivity contribution < 1.29 is 23.5 Å². The lowest BCUT2D eigenvalue weighted by Gasteiger charge is -2.18. The van der Waals surface area contributed by atoms with E-state index in [9.17, 15) is 18.8 Å². The summed E-state index contributed by atoms with van der Waals surface area (Å²) in [5.41, 5.74) is 0.464. The summed E-state index contributed by atoms with van der Waals surface area (Å²) in [5.74, 6) is -1.71. The molecule has 0 aliphatic carbocycles. The fraction of sp³-hybridized carbons (Fsp3) is 0.214. The maximum Gasteiger partial charge on any atom is 0.328 e. The van der Waals surface area contributed by atoms with Gasteiger partial charge in [-0.3, -0.25) is 14.5 Å². The molecule has 0 aromatic heterocycles. The lowest BCUT2D eigenvalue weighted by atomic mass is 10.2. The Kier molecular flexibility index (Phi) is 4.42. The molecule has 5 nitrogen and oxygen atoms in total. The van der Waals surface area contributed by atoms with Gasteiger partial charge in [0.1, 0.15) is 11.9 Å². The third kappa shape index (κ3) is 3.13. The first-order valence-electron chi connectivity index (χ1n) is 6.04. The Morgan fingerprint density at radius 3 is 2.76 bits per heavy atom. The highest BCUT2D eigenvalue weighted by Crippen LogP contribution is 2.33. The number of thioether (sulfide) groups is 1. The zero-order valence-corrected chi connectivity index (χ0v) is 12.1. The lowest BCUT2D eigenvalue weighted by molar-refractivity contribution is -0.148. The maximum absolute atomic E-state index is 13.1. The third-order valence-corrected chi connectivity index (χ3v) is 3.78. The van der Waals surface area contributed by atoms with Gasteiger partial charge in [-0.25, -0.2) is 9.18 Å². The van der Waals surface area contributed by atoms with Gasteiger partial charge in [0.05, 0.1) is 12.0 Å². The van der Waals surface area contributed by atoms with Crippen LogP contribution in [0.5, 0.6) is 0 Å². The summed E-state index contributed by atoms with van der Waals surface area (Å²) in [5, 5.41) is -0.555. The van der Waals surface area contributed by atoms with E-state index in [1.165, 1.54) is 38.3 Å². The summed E-state index contributed by atoms with van der Waals surface area (Å²) < 4.78 is 17.6. The summed E-state index contributed by atoms with van der Waals surface area (Å²) in [6, 6.07) is 4.64. The van der Waals surface area contributed by atoms with Gasteiger partial charge in [0.2, 0.25) is 0 Å². The zero-order valence-electron chi connectivity index (χ0n) is 11.3. The lowest BCUT2D eigenvalue weighted by Crippen LogP contribution is -2.42. The number of carbonyl (C=O) groups excluding carboxylic acids is 3. The monoisotopic (exact) mass is 309 g/mol. The number of hydrogen-bond donors (Lipinski definition) is 0. The first-order chi connectivity index (χ1) is 9.93. The number of esters is 1. The molecule has 1 heterocycles. The van der Waals surface area contributed by atoms with E-state index in [2.05, 4.69) is 4.74 Å². The van der Waals surface area contributed by atoms with Crippen LogP contribution in [0.15, 0.2) is 29.2 Å². The van der Waals surface area contributed by atoms with Crippen LogP contribution in [0.3, 0.4) is 0 Å². The van der Waals surface area contributed by atoms with Gasteiger partial charge in [0.15, 0.2) is 0 Å². The Morgan fingerprint density at radius 2 is 2.14 bits per heavy atom. The molecule has 2 amide bonds. The predicted octanol–water partition coefficient (Wildman–Crippen LogP) is 2.42. The molecule has 0 saturated carbocycles. The van der Waals surface area contributed by atoms with Crippen molar-refractivity contribution in [3.05, 3.63) is 40.6 Å². The van der Waals surface area contributed by atoms with Gasteiger partial charge in [-0.15, -0.1) is 0 Å². The number of carbonyl (C=O) groups is 3. The number of imide groups is 1. The van der Waals surface area contributed by atoms with Crippen LogP contribution in [0, 0.1) is 5.82 Å². The molecule has 1 atom stereocenters. The molecule has 0 spiro atoms. The Morgan fingerprint density at radius 1 is 1.43 bits per heavy atom. The highest BCUT2D eigenvalue weighted by Gasteiger charge is 2.41. The summed E-state index contributed by atoms with van der Waals surface area (Å²) >= 11 is 0.707. The smallest absolute Gasteiger partial charge is 0.328 e. The first kappa shape index (κ1) is 15.2. The fourth-order valence-electron chi connectivity index (χ4n) is 1.84. The van der Waals surface area contributed by atoms with E-state index in [-0.39, 0.29) is 4.91 Å². The van der Waals surface area contributed by atoms with Crippen LogP contribution >= 0.6 is 11.8 Å². The number of amides is 2. The van der Waals surface area contributed by atoms with Crippen LogP contribution in [-0.4, -0.2) is 35.2 Å². The highest BCUT2D eigenvalue weighted by atomic mass is 32.2. The number of ether oxygens (including phenoxy) is 1. The summed E-state index contributed by atoms with van der Waals surface area (Å²) in [6.45, 7) is 1.41. The molecule has 0 radical (unpaired) electrons. The van der Waals surface area contributed by atoms with Crippen LogP contribution in [0.1, 0.15) is 12.5 Å². The number of benzene rings is 1. The number of nitrogens with zero attached hydrogens (tertiary/aromatic N) is 1. The Hall–Kier alpha value is -2.15. The van der Waals surface area contributed by atoms with Crippen molar-refractivity contribution in [2.45, 2.75) is 13.0 Å². The zero-order chi connectivity index (χ0) is 15.6. The largest absolute Gasteiger partial charge is 0.467 e. The minimum absolute atomic E-state index is 0.140. The maximum atomic E-state index is 13.1. The molecule has 2 rings (SSSR count). The number of hydrogen-bond acceptors (Lipinski definition) is 5. The molecular formula is C14H12FNO4S. The molecule has 1 aliphatic heterocycles. The molecule has 0 bridgehead atoms. The molecule has 1 saturated heterocycles. The molecule has 1 aromatic rings. The van der Waals surface area contributed by atoms with Crippen molar-refractivity contribution in [2.24, 2.45) is 0 Å². The van der Waals surface area contributed by atoms with Crippen molar-refractivity contribution in [3.8, 4) is 0 Å².